The topological polar surface area (TPSA) is 84.3 Å². The van der Waals surface area contributed by atoms with E-state index in [2.05, 4.69) is 9.98 Å². The predicted molar refractivity (Wildman–Crippen MR) is 101 cm³/mol. The van der Waals surface area contributed by atoms with Gasteiger partial charge in [0.15, 0.2) is 22.5 Å². The summed E-state index contributed by atoms with van der Waals surface area (Å²) in [6, 6.07) is 8.67. The molecule has 134 valence electrons. The van der Waals surface area contributed by atoms with E-state index >= 15 is 0 Å². The van der Waals surface area contributed by atoms with E-state index in [0.717, 1.165) is 0 Å². The van der Waals surface area contributed by atoms with Gasteiger partial charge in [-0.1, -0.05) is 6.07 Å². The number of thioether (sulfide) groups is 1. The second kappa shape index (κ2) is 7.49. The molecular weight excluding hydrogens is 354 g/mol. The van der Waals surface area contributed by atoms with E-state index in [0.29, 0.717) is 21.5 Å². The molecule has 0 aliphatic carbocycles. The van der Waals surface area contributed by atoms with Gasteiger partial charge in [0.2, 0.25) is 5.75 Å². The van der Waals surface area contributed by atoms with Crippen molar-refractivity contribution in [2.75, 3.05) is 21.3 Å². The third kappa shape index (κ3) is 3.50. The molecule has 1 fully saturated rings. The van der Waals surface area contributed by atoms with Gasteiger partial charge in [0.25, 0.3) is 5.91 Å². The van der Waals surface area contributed by atoms with E-state index in [1.54, 1.807) is 43.6 Å². The molecule has 26 heavy (non-hydrogen) atoms. The molecular formula is C18H17N3O4S. The van der Waals surface area contributed by atoms with Crippen LogP contribution in [-0.4, -0.2) is 47.3 Å². The standard InChI is InChI=1S/C18H17N3O4S/c1-21-17(23)14(26-18(21)20-15-6-4-5-7-19-15)10-11-8-12(24-2)16(22)13(9-11)25-3/h4-10,22H,1-3H3/b14-10-,20-18+. The number of rotatable bonds is 4. The fraction of sp³-hybridized carbons (Fsp3) is 0.167. The highest BCUT2D eigenvalue weighted by molar-refractivity contribution is 8.18. The second-order valence-electron chi connectivity index (χ2n) is 5.33. The number of hydrogen-bond donors (Lipinski definition) is 1. The Balaban J connectivity index is 1.95. The number of nitrogens with zero attached hydrogens (tertiary/aromatic N) is 3. The smallest absolute Gasteiger partial charge is 0.266 e. The number of carbonyl (C=O) groups excluding carboxylic acids is 1. The van der Waals surface area contributed by atoms with Gasteiger partial charge < -0.3 is 14.6 Å². The summed E-state index contributed by atoms with van der Waals surface area (Å²) >= 11 is 1.25. The number of aromatic hydroxyl groups is 1. The van der Waals surface area contributed by atoms with Crippen molar-refractivity contribution in [1.29, 1.82) is 0 Å². The first-order chi connectivity index (χ1) is 12.5. The molecule has 0 spiro atoms. The van der Waals surface area contributed by atoms with Crippen molar-refractivity contribution < 1.29 is 19.4 Å². The quantitative estimate of drug-likeness (QED) is 0.832. The Morgan fingerprint density at radius 3 is 2.50 bits per heavy atom. The van der Waals surface area contributed by atoms with Crippen LogP contribution in [0.2, 0.25) is 0 Å². The number of methoxy groups -OCH3 is 2. The fourth-order valence-corrected chi connectivity index (χ4v) is 3.29. The monoisotopic (exact) mass is 371 g/mol. The molecule has 1 aliphatic heterocycles. The van der Waals surface area contributed by atoms with Crippen molar-refractivity contribution in [3.8, 4) is 17.2 Å². The van der Waals surface area contributed by atoms with Gasteiger partial charge in [0.1, 0.15) is 0 Å². The molecule has 2 heterocycles. The van der Waals surface area contributed by atoms with E-state index in [1.165, 1.54) is 30.9 Å². The SMILES string of the molecule is COc1cc(/C=C2\S/C(=N/c3ccccn3)N(C)C2=O)cc(OC)c1O. The summed E-state index contributed by atoms with van der Waals surface area (Å²) < 4.78 is 10.3. The third-order valence-corrected chi connectivity index (χ3v) is 4.72. The molecule has 1 aromatic carbocycles. The van der Waals surface area contributed by atoms with Gasteiger partial charge in [0.05, 0.1) is 19.1 Å². The maximum Gasteiger partial charge on any atom is 0.266 e. The van der Waals surface area contributed by atoms with E-state index in [1.807, 2.05) is 6.07 Å². The Morgan fingerprint density at radius 2 is 1.92 bits per heavy atom. The maximum absolute atomic E-state index is 12.5. The van der Waals surface area contributed by atoms with Crippen LogP contribution in [0.3, 0.4) is 0 Å². The van der Waals surface area contributed by atoms with Crippen LogP contribution in [0.15, 0.2) is 46.4 Å². The summed E-state index contributed by atoms with van der Waals surface area (Å²) in [4.78, 5) is 23.0. The number of phenolic OH excluding ortho intramolecular Hbond substituents is 1. The minimum Gasteiger partial charge on any atom is -0.502 e. The molecule has 1 N–H and O–H groups in total. The molecule has 0 bridgehead atoms. The number of phenols is 1. The van der Waals surface area contributed by atoms with Crippen LogP contribution in [0.1, 0.15) is 5.56 Å². The van der Waals surface area contributed by atoms with Gasteiger partial charge in [-0.2, -0.15) is 0 Å². The lowest BCUT2D eigenvalue weighted by molar-refractivity contribution is -0.121. The number of pyridine rings is 1. The predicted octanol–water partition coefficient (Wildman–Crippen LogP) is 3.04. The number of benzene rings is 1. The summed E-state index contributed by atoms with van der Waals surface area (Å²) in [5, 5.41) is 10.5. The first-order valence-corrected chi connectivity index (χ1v) is 8.47. The molecule has 0 radical (unpaired) electrons. The largest absolute Gasteiger partial charge is 0.502 e. The van der Waals surface area contributed by atoms with Crippen LogP contribution in [0.25, 0.3) is 6.08 Å². The zero-order valence-corrected chi connectivity index (χ0v) is 15.3. The lowest BCUT2D eigenvalue weighted by atomic mass is 10.1. The van der Waals surface area contributed by atoms with Gasteiger partial charge in [0, 0.05) is 13.2 Å². The molecule has 1 saturated heterocycles. The summed E-state index contributed by atoms with van der Waals surface area (Å²) in [5.41, 5.74) is 0.667. The average Bonchev–Trinajstić information content (AvgIpc) is 2.91. The Morgan fingerprint density at radius 1 is 1.23 bits per heavy atom. The number of hydrogen-bond acceptors (Lipinski definition) is 7. The first kappa shape index (κ1) is 17.8. The molecule has 0 unspecified atom stereocenters. The third-order valence-electron chi connectivity index (χ3n) is 3.66. The van der Waals surface area contributed by atoms with Gasteiger partial charge in [-0.3, -0.25) is 9.69 Å². The van der Waals surface area contributed by atoms with Crippen LogP contribution in [0, 0.1) is 0 Å². The molecule has 7 nitrogen and oxygen atoms in total. The number of carbonyl (C=O) groups is 1. The van der Waals surface area contributed by atoms with Crippen molar-refractivity contribution >= 4 is 34.7 Å². The zero-order valence-electron chi connectivity index (χ0n) is 14.5. The number of amides is 1. The number of ether oxygens (including phenoxy) is 2. The van der Waals surface area contributed by atoms with Gasteiger partial charge >= 0.3 is 0 Å². The number of likely N-dealkylation sites (N-methyl/N-ethyl adjacent to an activating group) is 1. The lowest BCUT2D eigenvalue weighted by Crippen LogP contribution is -2.23. The minimum absolute atomic E-state index is 0.0860. The van der Waals surface area contributed by atoms with Crippen LogP contribution < -0.4 is 9.47 Å². The molecule has 0 atom stereocenters. The van der Waals surface area contributed by atoms with E-state index < -0.39 is 0 Å². The van der Waals surface area contributed by atoms with Gasteiger partial charge in [-0.05, 0) is 47.7 Å². The molecule has 0 saturated carbocycles. The number of aromatic nitrogens is 1. The molecule has 1 aliphatic rings. The fourth-order valence-electron chi connectivity index (χ4n) is 2.32. The number of amidine groups is 1. The highest BCUT2D eigenvalue weighted by Crippen LogP contribution is 2.39. The Bertz CT molecular complexity index is 872. The maximum atomic E-state index is 12.5. The van der Waals surface area contributed by atoms with Crippen molar-refractivity contribution in [1.82, 2.24) is 9.88 Å². The van der Waals surface area contributed by atoms with E-state index in [4.69, 9.17) is 9.47 Å². The van der Waals surface area contributed by atoms with E-state index in [9.17, 15) is 9.90 Å². The first-order valence-electron chi connectivity index (χ1n) is 7.65. The van der Waals surface area contributed by atoms with Crippen molar-refractivity contribution in [2.45, 2.75) is 0 Å². The highest BCUT2D eigenvalue weighted by atomic mass is 32.2. The van der Waals surface area contributed by atoms with Crippen LogP contribution in [0.5, 0.6) is 17.2 Å². The summed E-state index contributed by atoms with van der Waals surface area (Å²) in [6.45, 7) is 0. The molecule has 1 aromatic heterocycles. The van der Waals surface area contributed by atoms with Crippen molar-refractivity contribution in [3.63, 3.8) is 0 Å². The second-order valence-corrected chi connectivity index (χ2v) is 6.34. The normalized spacial score (nSPS) is 17.2. The van der Waals surface area contributed by atoms with Crippen LogP contribution in [-0.2, 0) is 4.79 Å². The number of aliphatic imine (C=N–C) groups is 1. The Kier molecular flexibility index (Phi) is 5.13. The van der Waals surface area contributed by atoms with E-state index in [-0.39, 0.29) is 23.2 Å². The zero-order chi connectivity index (χ0) is 18.7. The van der Waals surface area contributed by atoms with Crippen LogP contribution >= 0.6 is 11.8 Å². The lowest BCUT2D eigenvalue weighted by Gasteiger charge is -2.09. The van der Waals surface area contributed by atoms with Crippen molar-refractivity contribution in [2.24, 2.45) is 4.99 Å². The summed E-state index contributed by atoms with van der Waals surface area (Å²) in [6.07, 6.45) is 3.35. The summed E-state index contributed by atoms with van der Waals surface area (Å²) in [5.74, 6) is 0.807. The summed E-state index contributed by atoms with van der Waals surface area (Å²) in [7, 11) is 4.56. The molecule has 2 aromatic rings. The minimum atomic E-state index is -0.171. The Labute approximate surface area is 155 Å². The molecule has 1 amide bonds. The van der Waals surface area contributed by atoms with Crippen molar-refractivity contribution in [3.05, 3.63) is 47.0 Å². The average molecular weight is 371 g/mol. The van der Waals surface area contributed by atoms with Gasteiger partial charge in [-0.15, -0.1) is 0 Å². The molecule has 3 rings (SSSR count). The Hall–Kier alpha value is -3.00. The van der Waals surface area contributed by atoms with Gasteiger partial charge in [-0.25, -0.2) is 9.98 Å². The molecule has 8 heteroatoms. The van der Waals surface area contributed by atoms with Crippen LogP contribution in [0.4, 0.5) is 5.82 Å². The highest BCUT2D eigenvalue weighted by Gasteiger charge is 2.30.